The maximum atomic E-state index is 12.5. The van der Waals surface area contributed by atoms with Gasteiger partial charge in [0.1, 0.15) is 0 Å². The molecule has 1 aromatic carbocycles. The van der Waals surface area contributed by atoms with Gasteiger partial charge in [0.05, 0.1) is 11.1 Å². The van der Waals surface area contributed by atoms with Crippen molar-refractivity contribution in [1.29, 1.82) is 0 Å². The standard InChI is InChI=1S/C19H24ClN3O4/c1-12(2)11-23-18(26)14-6-5-13(10-15(14)19(23)27)17(25)22-9-8-21-16(24)4-3-7-20/h5-6,10,12H,3-4,7-9,11H2,1-2H3,(H,21,24)(H,22,25). The summed E-state index contributed by atoms with van der Waals surface area (Å²) in [5.74, 6) is -0.583. The fourth-order valence-electron chi connectivity index (χ4n) is 2.76. The van der Waals surface area contributed by atoms with E-state index >= 15 is 0 Å². The van der Waals surface area contributed by atoms with E-state index in [2.05, 4.69) is 10.6 Å². The molecule has 7 nitrogen and oxygen atoms in total. The van der Waals surface area contributed by atoms with E-state index in [9.17, 15) is 19.2 Å². The van der Waals surface area contributed by atoms with Crippen LogP contribution in [0.15, 0.2) is 18.2 Å². The number of benzene rings is 1. The molecule has 1 heterocycles. The lowest BCUT2D eigenvalue weighted by Gasteiger charge is -2.15. The smallest absolute Gasteiger partial charge is 0.261 e. The van der Waals surface area contributed by atoms with Crippen LogP contribution in [0.25, 0.3) is 0 Å². The molecule has 0 radical (unpaired) electrons. The quantitative estimate of drug-likeness (QED) is 0.380. The third-order valence-corrected chi connectivity index (χ3v) is 4.32. The molecular formula is C19H24ClN3O4. The molecule has 4 amide bonds. The molecule has 0 atom stereocenters. The maximum absolute atomic E-state index is 12.5. The minimum atomic E-state index is -0.370. The molecule has 0 aliphatic carbocycles. The molecule has 0 saturated heterocycles. The Morgan fingerprint density at radius 3 is 2.41 bits per heavy atom. The van der Waals surface area contributed by atoms with E-state index in [1.165, 1.54) is 23.1 Å². The molecule has 0 fully saturated rings. The zero-order valence-corrected chi connectivity index (χ0v) is 16.3. The van der Waals surface area contributed by atoms with E-state index in [4.69, 9.17) is 11.6 Å². The monoisotopic (exact) mass is 393 g/mol. The largest absolute Gasteiger partial charge is 0.354 e. The van der Waals surface area contributed by atoms with E-state index in [-0.39, 0.29) is 41.7 Å². The second kappa shape index (κ2) is 9.50. The number of nitrogens with zero attached hydrogens (tertiary/aromatic N) is 1. The molecule has 0 aromatic heterocycles. The molecule has 2 N–H and O–H groups in total. The van der Waals surface area contributed by atoms with E-state index < -0.39 is 0 Å². The predicted molar refractivity (Wildman–Crippen MR) is 102 cm³/mol. The summed E-state index contributed by atoms with van der Waals surface area (Å²) in [6.07, 6.45) is 0.959. The fraction of sp³-hybridized carbons (Fsp3) is 0.474. The van der Waals surface area contributed by atoms with Crippen LogP contribution in [0.5, 0.6) is 0 Å². The summed E-state index contributed by atoms with van der Waals surface area (Å²) in [4.78, 5) is 49.7. The second-order valence-corrected chi connectivity index (χ2v) is 7.15. The number of hydrogen-bond donors (Lipinski definition) is 2. The highest BCUT2D eigenvalue weighted by Gasteiger charge is 2.36. The number of nitrogens with one attached hydrogen (secondary N) is 2. The highest BCUT2D eigenvalue weighted by molar-refractivity contribution is 6.22. The van der Waals surface area contributed by atoms with Crippen molar-refractivity contribution in [2.45, 2.75) is 26.7 Å². The summed E-state index contributed by atoms with van der Waals surface area (Å²) < 4.78 is 0. The summed E-state index contributed by atoms with van der Waals surface area (Å²) in [5, 5.41) is 5.37. The van der Waals surface area contributed by atoms with E-state index in [1.807, 2.05) is 13.8 Å². The molecule has 0 saturated carbocycles. The minimum absolute atomic E-state index is 0.114. The lowest BCUT2D eigenvalue weighted by molar-refractivity contribution is -0.121. The van der Waals surface area contributed by atoms with Gasteiger partial charge in [0.2, 0.25) is 5.91 Å². The molecule has 0 bridgehead atoms. The molecule has 0 spiro atoms. The molecule has 27 heavy (non-hydrogen) atoms. The first-order valence-electron chi connectivity index (χ1n) is 8.96. The predicted octanol–water partition coefficient (Wildman–Crippen LogP) is 1.80. The van der Waals surface area contributed by atoms with Crippen molar-refractivity contribution in [1.82, 2.24) is 15.5 Å². The molecule has 0 unspecified atom stereocenters. The number of fused-ring (bicyclic) bond motifs is 1. The third kappa shape index (κ3) is 5.29. The van der Waals surface area contributed by atoms with Crippen LogP contribution in [0.3, 0.4) is 0 Å². The van der Waals surface area contributed by atoms with Crippen molar-refractivity contribution in [3.05, 3.63) is 34.9 Å². The average molecular weight is 394 g/mol. The molecule has 2 rings (SSSR count). The Morgan fingerprint density at radius 1 is 1.07 bits per heavy atom. The topological polar surface area (TPSA) is 95.6 Å². The molecule has 1 aromatic rings. The van der Waals surface area contributed by atoms with Gasteiger partial charge in [0.15, 0.2) is 0 Å². The number of carbonyl (C=O) groups excluding carboxylic acids is 4. The summed E-state index contributed by atoms with van der Waals surface area (Å²) >= 11 is 5.52. The van der Waals surface area contributed by atoms with Gasteiger partial charge in [-0.15, -0.1) is 11.6 Å². The Morgan fingerprint density at radius 2 is 1.74 bits per heavy atom. The number of hydrogen-bond acceptors (Lipinski definition) is 4. The first-order chi connectivity index (χ1) is 12.8. The van der Waals surface area contributed by atoms with Gasteiger partial charge < -0.3 is 10.6 Å². The molecule has 1 aliphatic heterocycles. The van der Waals surface area contributed by atoms with Gasteiger partial charge in [-0.3, -0.25) is 24.1 Å². The number of carbonyl (C=O) groups is 4. The van der Waals surface area contributed by atoms with Crippen molar-refractivity contribution >= 4 is 35.2 Å². The molecule has 1 aliphatic rings. The van der Waals surface area contributed by atoms with Gasteiger partial charge in [-0.1, -0.05) is 13.8 Å². The van der Waals surface area contributed by atoms with Gasteiger partial charge in [-0.25, -0.2) is 0 Å². The lowest BCUT2D eigenvalue weighted by atomic mass is 10.1. The second-order valence-electron chi connectivity index (χ2n) is 6.77. The molecular weight excluding hydrogens is 370 g/mol. The Bertz CT molecular complexity index is 748. The van der Waals surface area contributed by atoms with Crippen molar-refractivity contribution < 1.29 is 19.2 Å². The van der Waals surface area contributed by atoms with Crippen LogP contribution in [0.1, 0.15) is 57.8 Å². The minimum Gasteiger partial charge on any atom is -0.354 e. The highest BCUT2D eigenvalue weighted by atomic mass is 35.5. The van der Waals surface area contributed by atoms with Crippen LogP contribution in [0, 0.1) is 5.92 Å². The Hall–Kier alpha value is -2.41. The number of halogens is 1. The van der Waals surface area contributed by atoms with Crippen LogP contribution in [0.2, 0.25) is 0 Å². The van der Waals surface area contributed by atoms with Crippen molar-refractivity contribution in [3.63, 3.8) is 0 Å². The summed E-state index contributed by atoms with van der Waals surface area (Å²) in [6, 6.07) is 4.49. The van der Waals surface area contributed by atoms with Gasteiger partial charge in [-0.05, 0) is 30.5 Å². The van der Waals surface area contributed by atoms with Crippen LogP contribution in [-0.2, 0) is 4.79 Å². The highest BCUT2D eigenvalue weighted by Crippen LogP contribution is 2.24. The van der Waals surface area contributed by atoms with Crippen LogP contribution >= 0.6 is 11.6 Å². The van der Waals surface area contributed by atoms with E-state index in [1.54, 1.807) is 0 Å². The van der Waals surface area contributed by atoms with Gasteiger partial charge in [0, 0.05) is 37.5 Å². The number of alkyl halides is 1. The number of rotatable bonds is 9. The van der Waals surface area contributed by atoms with E-state index in [0.717, 1.165) is 0 Å². The average Bonchev–Trinajstić information content (AvgIpc) is 2.87. The Balaban J connectivity index is 1.93. The van der Waals surface area contributed by atoms with Crippen LogP contribution in [-0.4, -0.2) is 54.0 Å². The van der Waals surface area contributed by atoms with Crippen molar-refractivity contribution in [2.24, 2.45) is 5.92 Å². The zero-order chi connectivity index (χ0) is 20.0. The first-order valence-corrected chi connectivity index (χ1v) is 9.49. The van der Waals surface area contributed by atoms with Crippen molar-refractivity contribution in [3.8, 4) is 0 Å². The fourth-order valence-corrected chi connectivity index (χ4v) is 2.89. The Kier molecular flexibility index (Phi) is 7.36. The zero-order valence-electron chi connectivity index (χ0n) is 15.5. The summed E-state index contributed by atoms with van der Waals surface area (Å²) in [7, 11) is 0. The Labute approximate surface area is 163 Å². The number of imide groups is 1. The van der Waals surface area contributed by atoms with Gasteiger partial charge in [-0.2, -0.15) is 0 Å². The normalized spacial score (nSPS) is 13.1. The maximum Gasteiger partial charge on any atom is 0.261 e. The lowest BCUT2D eigenvalue weighted by Crippen LogP contribution is -2.34. The van der Waals surface area contributed by atoms with Gasteiger partial charge in [0.25, 0.3) is 17.7 Å². The molecule has 8 heteroatoms. The van der Waals surface area contributed by atoms with Crippen LogP contribution in [0.4, 0.5) is 0 Å². The van der Waals surface area contributed by atoms with E-state index in [0.29, 0.717) is 42.9 Å². The SMILES string of the molecule is CC(C)CN1C(=O)c2ccc(C(=O)NCCNC(=O)CCCCl)cc2C1=O. The summed E-state index contributed by atoms with van der Waals surface area (Å²) in [5.41, 5.74) is 0.876. The van der Waals surface area contributed by atoms with Gasteiger partial charge >= 0.3 is 0 Å². The van der Waals surface area contributed by atoms with Crippen molar-refractivity contribution in [2.75, 3.05) is 25.5 Å². The first kappa shape index (κ1) is 20.9. The van der Waals surface area contributed by atoms with Crippen LogP contribution < -0.4 is 10.6 Å². The number of amides is 4. The summed E-state index contributed by atoms with van der Waals surface area (Å²) in [6.45, 7) is 4.76. The molecule has 146 valence electrons. The third-order valence-electron chi connectivity index (χ3n) is 4.05.